The topological polar surface area (TPSA) is 33.1 Å². The fourth-order valence-electron chi connectivity index (χ4n) is 2.92. The van der Waals surface area contributed by atoms with Crippen LogP contribution in [0.2, 0.25) is 0 Å². The monoisotopic (exact) mass is 264 g/mol. The second-order valence-electron chi connectivity index (χ2n) is 5.68. The first kappa shape index (κ1) is 14.4. The lowest BCUT2D eigenvalue weighted by Crippen LogP contribution is -2.27. The average molecular weight is 264 g/mol. The van der Waals surface area contributed by atoms with E-state index in [2.05, 4.69) is 47.0 Å². The van der Waals surface area contributed by atoms with E-state index in [9.17, 15) is 0 Å². The van der Waals surface area contributed by atoms with Crippen molar-refractivity contribution in [3.63, 3.8) is 0 Å². The second kappa shape index (κ2) is 6.94. The summed E-state index contributed by atoms with van der Waals surface area (Å²) in [6.45, 7) is 11.0. The van der Waals surface area contributed by atoms with Gasteiger partial charge < -0.3 is 10.2 Å². The highest BCUT2D eigenvalue weighted by atomic mass is 15.3. The van der Waals surface area contributed by atoms with E-state index in [1.807, 2.05) is 6.20 Å². The van der Waals surface area contributed by atoms with Crippen LogP contribution in [0, 0.1) is 5.92 Å². The molecule has 2 unspecified atom stereocenters. The van der Waals surface area contributed by atoms with Gasteiger partial charge in [0, 0.05) is 18.8 Å². The predicted octanol–water partition coefficient (Wildman–Crippen LogP) is 2.83. The zero-order valence-electron chi connectivity index (χ0n) is 12.6. The van der Waals surface area contributed by atoms with Crippen LogP contribution in [0.25, 0.3) is 0 Å². The largest absolute Gasteiger partial charge is 0.380 e. The maximum atomic E-state index is 4.45. The van der Waals surface area contributed by atoms with Crippen molar-refractivity contribution in [3.8, 4) is 0 Å². The molecule has 0 radical (unpaired) electrons. The van der Waals surface area contributed by atoms with Crippen LogP contribution in [0.5, 0.6) is 0 Å². The Kier molecular flexibility index (Phi) is 5.25. The lowest BCUT2D eigenvalue weighted by Gasteiger charge is -2.18. The molecule has 19 heavy (non-hydrogen) atoms. The highest BCUT2D eigenvalue weighted by Crippen LogP contribution is 2.27. The summed E-state index contributed by atoms with van der Waals surface area (Å²) in [6, 6.07) is 0.639. The third-order valence-electron chi connectivity index (χ3n) is 4.39. The summed E-state index contributed by atoms with van der Waals surface area (Å²) in [7, 11) is 0. The zero-order chi connectivity index (χ0) is 13.7. The van der Waals surface area contributed by atoms with E-state index in [1.54, 1.807) is 0 Å². The van der Waals surface area contributed by atoms with Crippen LogP contribution in [-0.2, 0) is 6.54 Å². The first-order valence-corrected chi connectivity index (χ1v) is 7.74. The van der Waals surface area contributed by atoms with E-state index >= 15 is 0 Å². The Bertz CT molecular complexity index is 370. The van der Waals surface area contributed by atoms with Crippen molar-refractivity contribution in [2.24, 2.45) is 5.92 Å². The Morgan fingerprint density at radius 3 is 2.79 bits per heavy atom. The number of anilines is 1. The van der Waals surface area contributed by atoms with E-state index in [0.717, 1.165) is 32.1 Å². The summed E-state index contributed by atoms with van der Waals surface area (Å²) >= 11 is 0. The van der Waals surface area contributed by atoms with Crippen LogP contribution < -0.4 is 5.32 Å². The molecular formula is C15H28N4. The highest BCUT2D eigenvalue weighted by Gasteiger charge is 2.23. The molecule has 108 valence electrons. The van der Waals surface area contributed by atoms with Crippen molar-refractivity contribution in [2.45, 2.75) is 52.6 Å². The third kappa shape index (κ3) is 3.96. The maximum Gasteiger partial charge on any atom is 0.0728 e. The molecule has 0 bridgehead atoms. The van der Waals surface area contributed by atoms with Gasteiger partial charge in [-0.2, -0.15) is 5.10 Å². The van der Waals surface area contributed by atoms with Gasteiger partial charge in [-0.25, -0.2) is 0 Å². The van der Waals surface area contributed by atoms with Crippen molar-refractivity contribution in [1.29, 1.82) is 0 Å². The van der Waals surface area contributed by atoms with Gasteiger partial charge in [0.25, 0.3) is 0 Å². The fraction of sp³-hybridized carbons (Fsp3) is 0.800. The fourth-order valence-corrected chi connectivity index (χ4v) is 2.92. The molecule has 2 atom stereocenters. The molecule has 0 spiro atoms. The van der Waals surface area contributed by atoms with Crippen molar-refractivity contribution in [2.75, 3.05) is 25.0 Å². The lowest BCUT2D eigenvalue weighted by atomic mass is 10.1. The van der Waals surface area contributed by atoms with Crippen LogP contribution in [-0.4, -0.2) is 40.4 Å². The van der Waals surface area contributed by atoms with E-state index < -0.39 is 0 Å². The third-order valence-corrected chi connectivity index (χ3v) is 4.39. The average Bonchev–Trinajstić information content (AvgIpc) is 3.02. The molecule has 1 N–H and O–H groups in total. The van der Waals surface area contributed by atoms with Crippen LogP contribution in [0.3, 0.4) is 0 Å². The van der Waals surface area contributed by atoms with Crippen LogP contribution in [0.1, 0.15) is 40.0 Å². The quantitative estimate of drug-likeness (QED) is 0.822. The normalized spacial score (nSPS) is 23.2. The number of hydrogen-bond acceptors (Lipinski definition) is 3. The molecule has 4 heteroatoms. The molecular weight excluding hydrogens is 236 g/mol. The molecule has 1 aromatic heterocycles. The Balaban J connectivity index is 1.81. The minimum Gasteiger partial charge on any atom is -0.380 e. The number of aromatic nitrogens is 2. The molecule has 1 heterocycles. The van der Waals surface area contributed by atoms with E-state index in [1.165, 1.54) is 24.9 Å². The van der Waals surface area contributed by atoms with Gasteiger partial charge in [0.2, 0.25) is 0 Å². The van der Waals surface area contributed by atoms with Gasteiger partial charge in [-0.3, -0.25) is 4.68 Å². The number of rotatable bonds is 7. The number of likely N-dealkylation sites (N-methyl/N-ethyl adjacent to an activating group) is 1. The van der Waals surface area contributed by atoms with Crippen molar-refractivity contribution in [3.05, 3.63) is 12.4 Å². The van der Waals surface area contributed by atoms with Gasteiger partial charge in [0.1, 0.15) is 0 Å². The zero-order valence-corrected chi connectivity index (χ0v) is 12.6. The van der Waals surface area contributed by atoms with E-state index in [-0.39, 0.29) is 0 Å². The van der Waals surface area contributed by atoms with Gasteiger partial charge >= 0.3 is 0 Å². The molecule has 0 saturated heterocycles. The molecule has 1 aliphatic rings. The van der Waals surface area contributed by atoms with Crippen molar-refractivity contribution >= 4 is 5.69 Å². The standard InChI is InChI=1S/C15H28N4/c1-4-18(5-2)9-10-19-12-14(11-16-19)17-15-8-6-7-13(15)3/h11-13,15,17H,4-10H2,1-3H3. The molecule has 0 aromatic carbocycles. The van der Waals surface area contributed by atoms with Crippen LogP contribution in [0.15, 0.2) is 12.4 Å². The Hall–Kier alpha value is -1.03. The Morgan fingerprint density at radius 2 is 2.16 bits per heavy atom. The highest BCUT2D eigenvalue weighted by molar-refractivity contribution is 5.39. The first-order valence-electron chi connectivity index (χ1n) is 7.74. The minimum absolute atomic E-state index is 0.639. The molecule has 4 nitrogen and oxygen atoms in total. The number of hydrogen-bond donors (Lipinski definition) is 1. The van der Waals surface area contributed by atoms with Crippen LogP contribution >= 0.6 is 0 Å². The summed E-state index contributed by atoms with van der Waals surface area (Å²) < 4.78 is 2.06. The molecule has 1 saturated carbocycles. The molecule has 1 aliphatic carbocycles. The van der Waals surface area contributed by atoms with Gasteiger partial charge in [0.05, 0.1) is 18.4 Å². The lowest BCUT2D eigenvalue weighted by molar-refractivity contribution is 0.285. The van der Waals surface area contributed by atoms with Gasteiger partial charge in [-0.1, -0.05) is 27.2 Å². The summed E-state index contributed by atoms with van der Waals surface area (Å²) in [4.78, 5) is 2.42. The van der Waals surface area contributed by atoms with E-state index in [4.69, 9.17) is 0 Å². The van der Waals surface area contributed by atoms with Gasteiger partial charge in [0.15, 0.2) is 0 Å². The minimum atomic E-state index is 0.639. The smallest absolute Gasteiger partial charge is 0.0728 e. The number of nitrogens with zero attached hydrogens (tertiary/aromatic N) is 3. The number of nitrogens with one attached hydrogen (secondary N) is 1. The Morgan fingerprint density at radius 1 is 1.37 bits per heavy atom. The van der Waals surface area contributed by atoms with Gasteiger partial charge in [-0.05, 0) is 31.8 Å². The van der Waals surface area contributed by atoms with Crippen molar-refractivity contribution < 1.29 is 0 Å². The summed E-state index contributed by atoms with van der Waals surface area (Å²) in [5.41, 5.74) is 1.18. The molecule has 1 fully saturated rings. The molecule has 1 aromatic rings. The molecule has 2 rings (SSSR count). The second-order valence-corrected chi connectivity index (χ2v) is 5.68. The SMILES string of the molecule is CCN(CC)CCn1cc(NC2CCCC2C)cn1. The summed E-state index contributed by atoms with van der Waals surface area (Å²) in [5, 5.41) is 8.08. The molecule has 0 amide bonds. The molecule has 0 aliphatic heterocycles. The maximum absolute atomic E-state index is 4.45. The van der Waals surface area contributed by atoms with Gasteiger partial charge in [-0.15, -0.1) is 0 Å². The summed E-state index contributed by atoms with van der Waals surface area (Å²) in [5.74, 6) is 0.791. The van der Waals surface area contributed by atoms with Crippen LogP contribution in [0.4, 0.5) is 5.69 Å². The Labute approximate surface area is 117 Å². The van der Waals surface area contributed by atoms with E-state index in [0.29, 0.717) is 6.04 Å². The van der Waals surface area contributed by atoms with Crippen molar-refractivity contribution in [1.82, 2.24) is 14.7 Å². The predicted molar refractivity (Wildman–Crippen MR) is 80.4 cm³/mol. The first-order chi connectivity index (χ1) is 9.22. The summed E-state index contributed by atoms with van der Waals surface area (Å²) in [6.07, 6.45) is 8.12.